The topological polar surface area (TPSA) is 80.4 Å². The second-order valence-corrected chi connectivity index (χ2v) is 6.13. The van der Waals surface area contributed by atoms with Crippen molar-refractivity contribution < 1.29 is 4.79 Å². The van der Waals surface area contributed by atoms with Gasteiger partial charge in [0.1, 0.15) is 5.02 Å². The minimum absolute atomic E-state index is 0.0176. The molecule has 0 aliphatic rings. The molecule has 1 heterocycles. The van der Waals surface area contributed by atoms with Crippen LogP contribution in [-0.2, 0) is 0 Å². The number of halogens is 3. The van der Waals surface area contributed by atoms with Crippen LogP contribution in [0.3, 0.4) is 0 Å². The number of nitrogens with two attached hydrogens (primary N) is 1. The maximum absolute atomic E-state index is 12.0. The van der Waals surface area contributed by atoms with E-state index in [-0.39, 0.29) is 26.6 Å². The van der Waals surface area contributed by atoms with Gasteiger partial charge in [-0.05, 0) is 25.7 Å². The van der Waals surface area contributed by atoms with Gasteiger partial charge >= 0.3 is 0 Å². The van der Waals surface area contributed by atoms with Crippen LogP contribution < -0.4 is 11.2 Å². The van der Waals surface area contributed by atoms with Crippen molar-refractivity contribution in [3.8, 4) is 0 Å². The Bertz CT molecular complexity index is 573. The number of pyridine rings is 1. The summed E-state index contributed by atoms with van der Waals surface area (Å²) in [6, 6.07) is 0. The van der Waals surface area contributed by atoms with Gasteiger partial charge in [0, 0.05) is 5.71 Å². The van der Waals surface area contributed by atoms with E-state index in [1.54, 1.807) is 0 Å². The fourth-order valence-corrected chi connectivity index (χ4v) is 2.03. The summed E-state index contributed by atoms with van der Waals surface area (Å²) in [4.78, 5) is 15.8. The molecule has 0 atom stereocenters. The monoisotopic (exact) mass is 350 g/mol. The maximum atomic E-state index is 12.0. The smallest absolute Gasteiger partial charge is 0.291 e. The highest BCUT2D eigenvalue weighted by atomic mass is 35.5. The van der Waals surface area contributed by atoms with Crippen LogP contribution in [0, 0.1) is 5.92 Å². The molecular formula is C13H17Cl3N4O. The van der Waals surface area contributed by atoms with E-state index < -0.39 is 5.91 Å². The Labute approximate surface area is 138 Å². The van der Waals surface area contributed by atoms with Gasteiger partial charge in [0.15, 0.2) is 10.8 Å². The van der Waals surface area contributed by atoms with Gasteiger partial charge in [0.25, 0.3) is 5.91 Å². The van der Waals surface area contributed by atoms with Crippen molar-refractivity contribution in [3.05, 3.63) is 20.9 Å². The van der Waals surface area contributed by atoms with Crippen molar-refractivity contribution >= 4 is 52.1 Å². The zero-order valence-electron chi connectivity index (χ0n) is 12.0. The van der Waals surface area contributed by atoms with Gasteiger partial charge < -0.3 is 5.73 Å². The van der Waals surface area contributed by atoms with Crippen molar-refractivity contribution in [1.82, 2.24) is 10.4 Å². The lowest BCUT2D eigenvalue weighted by Crippen LogP contribution is -2.21. The van der Waals surface area contributed by atoms with Gasteiger partial charge in [-0.15, -0.1) is 0 Å². The highest BCUT2D eigenvalue weighted by Gasteiger charge is 2.19. The predicted octanol–water partition coefficient (Wildman–Crippen LogP) is 4.17. The molecule has 3 N–H and O–H groups in total. The molecule has 1 aromatic rings. The lowest BCUT2D eigenvalue weighted by molar-refractivity contribution is 0.0950. The molecule has 0 bridgehead atoms. The summed E-state index contributed by atoms with van der Waals surface area (Å²) in [5, 5.41) is 3.90. The normalized spacial score (nSPS) is 11.9. The second-order valence-electron chi connectivity index (χ2n) is 5.01. The maximum Gasteiger partial charge on any atom is 0.291 e. The third-order valence-electron chi connectivity index (χ3n) is 2.72. The molecule has 1 amide bonds. The van der Waals surface area contributed by atoms with Crippen molar-refractivity contribution in [2.75, 3.05) is 5.73 Å². The number of carbonyl (C=O) groups is 1. The Kier molecular flexibility index (Phi) is 6.71. The molecule has 8 heteroatoms. The summed E-state index contributed by atoms with van der Waals surface area (Å²) < 4.78 is 0. The summed E-state index contributed by atoms with van der Waals surface area (Å²) in [5.74, 6) is -0.0222. The number of hydrazone groups is 1. The Balaban J connectivity index is 2.84. The summed E-state index contributed by atoms with van der Waals surface area (Å²) >= 11 is 17.5. The molecule has 0 saturated heterocycles. The van der Waals surface area contributed by atoms with Crippen LogP contribution in [0.4, 0.5) is 5.69 Å². The number of nitrogens with zero attached hydrogens (tertiary/aromatic N) is 2. The molecule has 0 saturated carbocycles. The fraction of sp³-hybridized carbons (Fsp3) is 0.462. The quantitative estimate of drug-likeness (QED) is 0.474. The third kappa shape index (κ3) is 5.02. The molecule has 0 aromatic carbocycles. The molecule has 21 heavy (non-hydrogen) atoms. The molecule has 0 unspecified atom stereocenters. The molecule has 0 fully saturated rings. The molecule has 5 nitrogen and oxygen atoms in total. The van der Waals surface area contributed by atoms with E-state index in [9.17, 15) is 4.79 Å². The Hall–Kier alpha value is -1.04. The van der Waals surface area contributed by atoms with E-state index >= 15 is 0 Å². The summed E-state index contributed by atoms with van der Waals surface area (Å²) in [6.45, 7) is 6.07. The van der Waals surface area contributed by atoms with E-state index in [1.165, 1.54) is 0 Å². The van der Waals surface area contributed by atoms with Gasteiger partial charge in [0.05, 0.1) is 10.7 Å². The lowest BCUT2D eigenvalue weighted by Gasteiger charge is -2.08. The van der Waals surface area contributed by atoms with Gasteiger partial charge in [-0.2, -0.15) is 5.10 Å². The molecule has 0 aliphatic carbocycles. The number of hydrogen-bond acceptors (Lipinski definition) is 4. The Morgan fingerprint density at radius 2 is 1.95 bits per heavy atom. The number of aromatic nitrogens is 1. The van der Waals surface area contributed by atoms with Crippen LogP contribution in [0.2, 0.25) is 15.2 Å². The zero-order chi connectivity index (χ0) is 16.2. The van der Waals surface area contributed by atoms with Crippen LogP contribution in [-0.4, -0.2) is 16.6 Å². The zero-order valence-corrected chi connectivity index (χ0v) is 14.3. The van der Waals surface area contributed by atoms with Crippen LogP contribution in [0.1, 0.15) is 44.1 Å². The van der Waals surface area contributed by atoms with Crippen LogP contribution in [0.15, 0.2) is 5.10 Å². The van der Waals surface area contributed by atoms with Gasteiger partial charge in [0.2, 0.25) is 0 Å². The first-order chi connectivity index (χ1) is 9.73. The van der Waals surface area contributed by atoms with E-state index in [2.05, 4.69) is 29.4 Å². The number of hydrogen-bond donors (Lipinski definition) is 2. The number of carbonyl (C=O) groups excluding carboxylic acids is 1. The summed E-state index contributed by atoms with van der Waals surface area (Å²) in [5.41, 5.74) is 8.75. The number of anilines is 1. The van der Waals surface area contributed by atoms with E-state index in [0.717, 1.165) is 18.6 Å². The van der Waals surface area contributed by atoms with E-state index in [4.69, 9.17) is 40.5 Å². The molecule has 1 rings (SSSR count). The SMILES string of the molecule is C/C(CCC(C)C)=N/NC(=O)c1nc(Cl)c(Cl)c(N)c1Cl. The van der Waals surface area contributed by atoms with Gasteiger partial charge in [-0.25, -0.2) is 10.4 Å². The first-order valence-electron chi connectivity index (χ1n) is 6.37. The largest absolute Gasteiger partial charge is 0.396 e. The predicted molar refractivity (Wildman–Crippen MR) is 88.3 cm³/mol. The molecule has 0 spiro atoms. The molecule has 0 radical (unpaired) electrons. The molecule has 0 aliphatic heterocycles. The number of amides is 1. The summed E-state index contributed by atoms with van der Waals surface area (Å²) in [6.07, 6.45) is 1.78. The van der Waals surface area contributed by atoms with Crippen molar-refractivity contribution in [2.24, 2.45) is 11.0 Å². The average molecular weight is 352 g/mol. The first-order valence-corrected chi connectivity index (χ1v) is 7.50. The first kappa shape index (κ1) is 18.0. The van der Waals surface area contributed by atoms with Crippen molar-refractivity contribution in [2.45, 2.75) is 33.6 Å². The number of nitrogens with one attached hydrogen (secondary N) is 1. The number of nitrogen functional groups attached to an aromatic ring is 1. The fourth-order valence-electron chi connectivity index (χ4n) is 1.43. The Morgan fingerprint density at radius 1 is 1.33 bits per heavy atom. The average Bonchev–Trinajstić information content (AvgIpc) is 2.44. The van der Waals surface area contributed by atoms with Crippen molar-refractivity contribution in [3.63, 3.8) is 0 Å². The standard InChI is InChI=1S/C13H17Cl3N4O/c1-6(2)4-5-7(3)19-20-13(21)11-8(14)10(17)9(15)12(16)18-11/h6H,4-5H2,1-3H3,(H2,17,18)(H,20,21)/b19-7-. The highest BCUT2D eigenvalue weighted by molar-refractivity contribution is 6.46. The minimum Gasteiger partial charge on any atom is -0.396 e. The molecule has 116 valence electrons. The van der Waals surface area contributed by atoms with Crippen LogP contribution >= 0.6 is 34.8 Å². The summed E-state index contributed by atoms with van der Waals surface area (Å²) in [7, 11) is 0. The van der Waals surface area contributed by atoms with Crippen LogP contribution in [0.5, 0.6) is 0 Å². The van der Waals surface area contributed by atoms with Crippen LogP contribution in [0.25, 0.3) is 0 Å². The van der Waals surface area contributed by atoms with E-state index in [0.29, 0.717) is 5.92 Å². The highest BCUT2D eigenvalue weighted by Crippen LogP contribution is 2.34. The van der Waals surface area contributed by atoms with E-state index in [1.807, 2.05) is 6.92 Å². The molecular weight excluding hydrogens is 335 g/mol. The second kappa shape index (κ2) is 7.82. The molecule has 1 aromatic heterocycles. The van der Waals surface area contributed by atoms with Gasteiger partial charge in [-0.3, -0.25) is 4.79 Å². The van der Waals surface area contributed by atoms with Gasteiger partial charge in [-0.1, -0.05) is 48.7 Å². The third-order valence-corrected chi connectivity index (χ3v) is 3.85. The number of rotatable bonds is 5. The Morgan fingerprint density at radius 3 is 2.52 bits per heavy atom. The lowest BCUT2D eigenvalue weighted by atomic mass is 10.1. The minimum atomic E-state index is -0.589. The van der Waals surface area contributed by atoms with Crippen molar-refractivity contribution in [1.29, 1.82) is 0 Å².